The molecule has 1 heterocycles. The number of thiophene rings is 1. The Balaban J connectivity index is 0.00000225. The lowest BCUT2D eigenvalue weighted by Crippen LogP contribution is -2.35. The summed E-state index contributed by atoms with van der Waals surface area (Å²) in [6, 6.07) is 4.35. The predicted octanol–water partition coefficient (Wildman–Crippen LogP) is 1.83. The molecular formula is C11H19ClN2OS. The van der Waals surface area contributed by atoms with E-state index in [4.69, 9.17) is 0 Å². The fourth-order valence-corrected chi connectivity index (χ4v) is 2.20. The summed E-state index contributed by atoms with van der Waals surface area (Å²) >= 11 is 1.73. The van der Waals surface area contributed by atoms with Gasteiger partial charge >= 0.3 is 0 Å². The van der Waals surface area contributed by atoms with Crippen molar-refractivity contribution in [1.29, 1.82) is 0 Å². The molecule has 1 rings (SSSR count). The third kappa shape index (κ3) is 6.10. The maximum atomic E-state index is 11.4. The minimum absolute atomic E-state index is 0. The van der Waals surface area contributed by atoms with Crippen molar-refractivity contribution in [2.75, 3.05) is 13.6 Å². The Morgan fingerprint density at radius 2 is 2.31 bits per heavy atom. The van der Waals surface area contributed by atoms with Crippen LogP contribution in [0.5, 0.6) is 0 Å². The van der Waals surface area contributed by atoms with Crippen LogP contribution in [0.15, 0.2) is 17.5 Å². The summed E-state index contributed by atoms with van der Waals surface area (Å²) in [6.07, 6.45) is 1.47. The highest BCUT2D eigenvalue weighted by molar-refractivity contribution is 7.09. The van der Waals surface area contributed by atoms with E-state index in [1.54, 1.807) is 11.3 Å². The Hall–Kier alpha value is -0.580. The van der Waals surface area contributed by atoms with Gasteiger partial charge in [0.15, 0.2) is 0 Å². The minimum Gasteiger partial charge on any atom is -0.353 e. The van der Waals surface area contributed by atoms with Crippen LogP contribution in [-0.2, 0) is 11.2 Å². The van der Waals surface area contributed by atoms with Crippen LogP contribution in [0.3, 0.4) is 0 Å². The van der Waals surface area contributed by atoms with Crippen LogP contribution < -0.4 is 10.6 Å². The van der Waals surface area contributed by atoms with Crippen molar-refractivity contribution >= 4 is 29.7 Å². The van der Waals surface area contributed by atoms with E-state index >= 15 is 0 Å². The Labute approximate surface area is 107 Å². The molecule has 3 nitrogen and oxygen atoms in total. The number of amides is 1. The first-order valence-corrected chi connectivity index (χ1v) is 6.06. The average Bonchev–Trinajstić information content (AvgIpc) is 2.67. The Bertz CT molecular complexity index is 290. The summed E-state index contributed by atoms with van der Waals surface area (Å²) in [5.41, 5.74) is 0. The molecule has 0 fully saturated rings. The van der Waals surface area contributed by atoms with Crippen molar-refractivity contribution in [3.8, 4) is 0 Å². The summed E-state index contributed by atoms with van der Waals surface area (Å²) in [5, 5.41) is 8.00. The third-order valence-corrected chi connectivity index (χ3v) is 3.00. The van der Waals surface area contributed by atoms with E-state index in [1.807, 2.05) is 20.0 Å². The Morgan fingerprint density at radius 1 is 1.56 bits per heavy atom. The van der Waals surface area contributed by atoms with Gasteiger partial charge in [0.2, 0.25) is 5.91 Å². The lowest BCUT2D eigenvalue weighted by atomic mass is 10.2. The zero-order valence-corrected chi connectivity index (χ0v) is 11.3. The molecule has 1 atom stereocenters. The molecule has 0 aliphatic rings. The van der Waals surface area contributed by atoms with Crippen LogP contribution in [0.25, 0.3) is 0 Å². The number of rotatable bonds is 6. The molecule has 2 N–H and O–H groups in total. The van der Waals surface area contributed by atoms with E-state index in [9.17, 15) is 4.79 Å². The molecule has 1 amide bonds. The Kier molecular flexibility index (Phi) is 8.25. The van der Waals surface area contributed by atoms with Gasteiger partial charge in [0.25, 0.3) is 0 Å². The number of hydrogen-bond donors (Lipinski definition) is 2. The number of nitrogens with one attached hydrogen (secondary N) is 2. The van der Waals surface area contributed by atoms with Crippen LogP contribution in [-0.4, -0.2) is 25.5 Å². The summed E-state index contributed by atoms with van der Waals surface area (Å²) < 4.78 is 0. The molecule has 0 aromatic carbocycles. The van der Waals surface area contributed by atoms with E-state index in [-0.39, 0.29) is 24.4 Å². The van der Waals surface area contributed by atoms with Crippen LogP contribution in [0, 0.1) is 0 Å². The molecule has 0 radical (unpaired) electrons. The molecule has 0 saturated heterocycles. The molecule has 92 valence electrons. The van der Waals surface area contributed by atoms with Crippen LogP contribution >= 0.6 is 23.7 Å². The van der Waals surface area contributed by atoms with Gasteiger partial charge in [-0.2, -0.15) is 0 Å². The number of halogens is 1. The van der Waals surface area contributed by atoms with Crippen LogP contribution in [0.4, 0.5) is 0 Å². The molecule has 0 bridgehead atoms. The molecule has 1 unspecified atom stereocenters. The van der Waals surface area contributed by atoms with Gasteiger partial charge in [-0.3, -0.25) is 4.79 Å². The fourth-order valence-electron chi connectivity index (χ4n) is 1.37. The Morgan fingerprint density at radius 3 is 2.88 bits per heavy atom. The van der Waals surface area contributed by atoms with Gasteiger partial charge < -0.3 is 10.6 Å². The van der Waals surface area contributed by atoms with Gasteiger partial charge in [0.05, 0.1) is 0 Å². The van der Waals surface area contributed by atoms with E-state index in [2.05, 4.69) is 22.1 Å². The first-order chi connectivity index (χ1) is 7.22. The SMILES string of the molecule is CNCCC(=O)NC(C)Cc1cccs1.Cl. The maximum absolute atomic E-state index is 11.4. The topological polar surface area (TPSA) is 41.1 Å². The summed E-state index contributed by atoms with van der Waals surface area (Å²) in [6.45, 7) is 2.77. The lowest BCUT2D eigenvalue weighted by Gasteiger charge is -2.12. The maximum Gasteiger partial charge on any atom is 0.221 e. The molecule has 5 heteroatoms. The van der Waals surface area contributed by atoms with Crippen molar-refractivity contribution < 1.29 is 4.79 Å². The number of hydrogen-bond acceptors (Lipinski definition) is 3. The van der Waals surface area contributed by atoms with Crippen LogP contribution in [0.2, 0.25) is 0 Å². The second kappa shape index (κ2) is 8.56. The average molecular weight is 263 g/mol. The smallest absolute Gasteiger partial charge is 0.221 e. The zero-order chi connectivity index (χ0) is 11.1. The second-order valence-corrected chi connectivity index (χ2v) is 4.64. The zero-order valence-electron chi connectivity index (χ0n) is 9.66. The van der Waals surface area contributed by atoms with Gasteiger partial charge in [-0.05, 0) is 25.4 Å². The van der Waals surface area contributed by atoms with Crippen molar-refractivity contribution in [1.82, 2.24) is 10.6 Å². The molecule has 1 aromatic heterocycles. The highest BCUT2D eigenvalue weighted by atomic mass is 35.5. The first-order valence-electron chi connectivity index (χ1n) is 5.18. The standard InChI is InChI=1S/C11H18N2OS.ClH/c1-9(8-10-4-3-7-15-10)13-11(14)5-6-12-2;/h3-4,7,9,12H,5-6,8H2,1-2H3,(H,13,14);1H. The van der Waals surface area contributed by atoms with E-state index in [0.717, 1.165) is 13.0 Å². The fraction of sp³-hybridized carbons (Fsp3) is 0.545. The van der Waals surface area contributed by atoms with E-state index in [0.29, 0.717) is 6.42 Å². The van der Waals surface area contributed by atoms with E-state index < -0.39 is 0 Å². The molecule has 0 spiro atoms. The van der Waals surface area contributed by atoms with Gasteiger partial charge in [0.1, 0.15) is 0 Å². The second-order valence-electron chi connectivity index (χ2n) is 3.61. The summed E-state index contributed by atoms with van der Waals surface area (Å²) in [7, 11) is 1.85. The normalized spacial score (nSPS) is 11.6. The molecule has 16 heavy (non-hydrogen) atoms. The third-order valence-electron chi connectivity index (χ3n) is 2.10. The van der Waals surface area contributed by atoms with Gasteiger partial charge in [-0.1, -0.05) is 6.07 Å². The van der Waals surface area contributed by atoms with Crippen molar-refractivity contribution in [2.45, 2.75) is 25.8 Å². The van der Waals surface area contributed by atoms with Crippen LogP contribution in [0.1, 0.15) is 18.2 Å². The van der Waals surface area contributed by atoms with Gasteiger partial charge in [-0.15, -0.1) is 23.7 Å². The van der Waals surface area contributed by atoms with E-state index in [1.165, 1.54) is 4.88 Å². The minimum atomic E-state index is 0. The highest BCUT2D eigenvalue weighted by Crippen LogP contribution is 2.10. The molecule has 0 saturated carbocycles. The summed E-state index contributed by atoms with van der Waals surface area (Å²) in [4.78, 5) is 12.7. The summed E-state index contributed by atoms with van der Waals surface area (Å²) in [5.74, 6) is 0.119. The highest BCUT2D eigenvalue weighted by Gasteiger charge is 2.07. The molecule has 0 aliphatic heterocycles. The van der Waals surface area contributed by atoms with Gasteiger partial charge in [0, 0.05) is 30.3 Å². The largest absolute Gasteiger partial charge is 0.353 e. The first kappa shape index (κ1) is 15.4. The monoisotopic (exact) mass is 262 g/mol. The number of carbonyl (C=O) groups excluding carboxylic acids is 1. The quantitative estimate of drug-likeness (QED) is 0.821. The lowest BCUT2D eigenvalue weighted by molar-refractivity contribution is -0.121. The van der Waals surface area contributed by atoms with Crippen molar-refractivity contribution in [2.24, 2.45) is 0 Å². The molecular weight excluding hydrogens is 244 g/mol. The van der Waals surface area contributed by atoms with Crippen molar-refractivity contribution in [3.63, 3.8) is 0 Å². The predicted molar refractivity (Wildman–Crippen MR) is 71.4 cm³/mol. The van der Waals surface area contributed by atoms with Crippen molar-refractivity contribution in [3.05, 3.63) is 22.4 Å². The molecule has 0 aliphatic carbocycles. The molecule has 1 aromatic rings. The van der Waals surface area contributed by atoms with Gasteiger partial charge in [-0.25, -0.2) is 0 Å². The number of carbonyl (C=O) groups is 1.